The molecule has 0 aliphatic rings. The van der Waals surface area contributed by atoms with E-state index < -0.39 is 28.5 Å². The average molecular weight is 732 g/mol. The molecule has 2 amide bonds. The maximum Gasteiger partial charge on any atom is 0.264 e. The van der Waals surface area contributed by atoms with E-state index in [4.69, 9.17) is 23.2 Å². The van der Waals surface area contributed by atoms with Gasteiger partial charge in [-0.1, -0.05) is 119 Å². The van der Waals surface area contributed by atoms with Gasteiger partial charge in [0.15, 0.2) is 0 Å². The summed E-state index contributed by atoms with van der Waals surface area (Å²) in [6.07, 6.45) is 1.89. The molecule has 4 aromatic carbocycles. The molecule has 4 rings (SSSR count). The first-order valence-corrected chi connectivity index (χ1v) is 17.5. The lowest BCUT2D eigenvalue weighted by Gasteiger charge is -2.34. The Morgan fingerprint density at radius 1 is 0.844 bits per heavy atom. The van der Waals surface area contributed by atoms with Gasteiger partial charge in [0.2, 0.25) is 11.8 Å². The Hall–Kier alpha value is -3.37. The quantitative estimate of drug-likeness (QED) is 0.136. The van der Waals surface area contributed by atoms with Crippen LogP contribution in [0.4, 0.5) is 5.69 Å². The molecule has 0 bridgehead atoms. The molecule has 4 aromatic rings. The van der Waals surface area contributed by atoms with Crippen LogP contribution in [0.1, 0.15) is 30.9 Å². The van der Waals surface area contributed by atoms with Crippen LogP contribution in [0.3, 0.4) is 0 Å². The van der Waals surface area contributed by atoms with Gasteiger partial charge < -0.3 is 10.2 Å². The Morgan fingerprint density at radius 2 is 1.49 bits per heavy atom. The van der Waals surface area contributed by atoms with Crippen molar-refractivity contribution in [1.82, 2.24) is 10.2 Å². The smallest absolute Gasteiger partial charge is 0.264 e. The van der Waals surface area contributed by atoms with Crippen molar-refractivity contribution < 1.29 is 18.0 Å². The molecule has 1 N–H and O–H groups in total. The fourth-order valence-corrected chi connectivity index (χ4v) is 6.92. The summed E-state index contributed by atoms with van der Waals surface area (Å²) in [6.45, 7) is 1.92. The first-order chi connectivity index (χ1) is 21.6. The van der Waals surface area contributed by atoms with E-state index in [0.29, 0.717) is 6.54 Å². The van der Waals surface area contributed by atoms with E-state index in [1.165, 1.54) is 23.1 Å². The van der Waals surface area contributed by atoms with Gasteiger partial charge in [-0.3, -0.25) is 13.9 Å². The van der Waals surface area contributed by atoms with Gasteiger partial charge in [-0.15, -0.1) is 0 Å². The number of anilines is 1. The van der Waals surface area contributed by atoms with Gasteiger partial charge in [0.05, 0.1) is 20.6 Å². The van der Waals surface area contributed by atoms with Crippen molar-refractivity contribution in [2.24, 2.45) is 0 Å². The molecule has 11 heteroatoms. The summed E-state index contributed by atoms with van der Waals surface area (Å²) >= 11 is 16.3. The van der Waals surface area contributed by atoms with Crippen LogP contribution in [0.5, 0.6) is 0 Å². The molecule has 0 fully saturated rings. The standard InChI is InChI=1S/C34H34BrCl2N3O4S/c1-2-3-21-38-34(42)31(22-25-11-6-4-7-12-25)39(23-26-17-19-27(35)20-18-26)32(41)24-40(30-16-10-15-29(36)33(30)37)45(43,44)28-13-8-5-9-14-28/h4-20,31H,2-3,21-24H2,1H3,(H,38,42)/t31-/m1/s1. The zero-order valence-electron chi connectivity index (χ0n) is 24.7. The lowest BCUT2D eigenvalue weighted by Crippen LogP contribution is -2.53. The fraction of sp³-hybridized carbons (Fsp3) is 0.235. The number of amides is 2. The molecule has 0 spiro atoms. The van der Waals surface area contributed by atoms with Gasteiger partial charge in [0.25, 0.3) is 10.0 Å². The molecule has 1 atom stereocenters. The van der Waals surface area contributed by atoms with Crippen molar-refractivity contribution in [2.45, 2.75) is 43.7 Å². The molecule has 0 unspecified atom stereocenters. The molecule has 0 saturated heterocycles. The summed E-state index contributed by atoms with van der Waals surface area (Å²) in [4.78, 5) is 29.7. The minimum absolute atomic E-state index is 0.0101. The SMILES string of the molecule is CCCCNC(=O)[C@@H](Cc1ccccc1)N(Cc1ccc(Br)cc1)C(=O)CN(c1cccc(Cl)c1Cl)S(=O)(=O)c1ccccc1. The summed E-state index contributed by atoms with van der Waals surface area (Å²) in [5, 5.41) is 3.11. The molecule has 0 heterocycles. The number of nitrogens with zero attached hydrogens (tertiary/aromatic N) is 2. The Morgan fingerprint density at radius 3 is 2.13 bits per heavy atom. The lowest BCUT2D eigenvalue weighted by atomic mass is 10.0. The summed E-state index contributed by atoms with van der Waals surface area (Å²) in [5.41, 5.74) is 1.68. The third-order valence-corrected chi connectivity index (χ3v) is 10.3. The molecule has 7 nitrogen and oxygen atoms in total. The number of rotatable bonds is 14. The molecule has 0 aromatic heterocycles. The van der Waals surface area contributed by atoms with Crippen molar-refractivity contribution in [3.05, 3.63) is 129 Å². The number of nitrogens with one attached hydrogen (secondary N) is 1. The molecule has 0 saturated carbocycles. The second-order valence-corrected chi connectivity index (χ2v) is 14.0. The lowest BCUT2D eigenvalue weighted by molar-refractivity contribution is -0.140. The highest BCUT2D eigenvalue weighted by molar-refractivity contribution is 9.10. The zero-order valence-corrected chi connectivity index (χ0v) is 28.6. The van der Waals surface area contributed by atoms with Gasteiger partial charge >= 0.3 is 0 Å². The van der Waals surface area contributed by atoms with Gasteiger partial charge in [0.1, 0.15) is 12.6 Å². The number of halogens is 3. The highest BCUT2D eigenvalue weighted by Crippen LogP contribution is 2.35. The third kappa shape index (κ3) is 9.10. The van der Waals surface area contributed by atoms with E-state index in [0.717, 1.165) is 32.7 Å². The zero-order chi connectivity index (χ0) is 32.4. The molecule has 0 aliphatic carbocycles. The van der Waals surface area contributed by atoms with E-state index >= 15 is 0 Å². The van der Waals surface area contributed by atoms with Crippen LogP contribution < -0.4 is 9.62 Å². The largest absolute Gasteiger partial charge is 0.354 e. The van der Waals surface area contributed by atoms with E-state index in [-0.39, 0.29) is 39.5 Å². The van der Waals surface area contributed by atoms with Gasteiger partial charge in [-0.25, -0.2) is 8.42 Å². The van der Waals surface area contributed by atoms with Crippen LogP contribution in [-0.2, 0) is 32.6 Å². The number of hydrogen-bond acceptors (Lipinski definition) is 4. The maximum atomic E-state index is 14.5. The Bertz CT molecular complexity index is 1690. The minimum Gasteiger partial charge on any atom is -0.354 e. The van der Waals surface area contributed by atoms with Crippen molar-refractivity contribution in [3.8, 4) is 0 Å². The van der Waals surface area contributed by atoms with E-state index in [1.807, 2.05) is 61.5 Å². The second kappa shape index (κ2) is 16.3. The normalized spacial score (nSPS) is 11.9. The number of carbonyl (C=O) groups excluding carboxylic acids is 2. The van der Waals surface area contributed by atoms with Crippen molar-refractivity contribution in [1.29, 1.82) is 0 Å². The Labute approximate surface area is 283 Å². The van der Waals surface area contributed by atoms with Gasteiger partial charge in [-0.05, 0) is 53.9 Å². The third-order valence-electron chi connectivity index (χ3n) is 7.18. The number of carbonyl (C=O) groups is 2. The molecule has 236 valence electrons. The maximum absolute atomic E-state index is 14.5. The van der Waals surface area contributed by atoms with Crippen molar-refractivity contribution in [3.63, 3.8) is 0 Å². The van der Waals surface area contributed by atoms with Gasteiger partial charge in [0, 0.05) is 24.0 Å². The summed E-state index contributed by atoms with van der Waals surface area (Å²) in [6, 6.07) is 28.3. The Kier molecular flexibility index (Phi) is 12.5. The monoisotopic (exact) mass is 729 g/mol. The number of sulfonamides is 1. The van der Waals surface area contributed by atoms with Crippen LogP contribution in [0.2, 0.25) is 10.0 Å². The highest BCUT2D eigenvalue weighted by atomic mass is 79.9. The predicted octanol–water partition coefficient (Wildman–Crippen LogP) is 7.51. The number of benzene rings is 4. The first kappa shape index (κ1) is 34.5. The van der Waals surface area contributed by atoms with E-state index in [2.05, 4.69) is 21.2 Å². The molecular formula is C34H34BrCl2N3O4S. The van der Waals surface area contributed by atoms with E-state index in [1.54, 1.807) is 30.3 Å². The van der Waals surface area contributed by atoms with Crippen molar-refractivity contribution in [2.75, 3.05) is 17.4 Å². The van der Waals surface area contributed by atoms with Crippen LogP contribution in [0.15, 0.2) is 112 Å². The predicted molar refractivity (Wildman–Crippen MR) is 184 cm³/mol. The topological polar surface area (TPSA) is 86.8 Å². The molecule has 0 aliphatic heterocycles. The molecular weight excluding hydrogens is 697 g/mol. The van der Waals surface area contributed by atoms with Crippen molar-refractivity contribution >= 4 is 66.7 Å². The average Bonchev–Trinajstić information content (AvgIpc) is 3.04. The summed E-state index contributed by atoms with van der Waals surface area (Å²) in [7, 11) is -4.29. The number of unbranched alkanes of at least 4 members (excludes halogenated alkanes) is 1. The minimum atomic E-state index is -4.29. The summed E-state index contributed by atoms with van der Waals surface area (Å²) in [5.74, 6) is -0.906. The van der Waals surface area contributed by atoms with Gasteiger partial charge in [-0.2, -0.15) is 0 Å². The van der Waals surface area contributed by atoms with E-state index in [9.17, 15) is 18.0 Å². The van der Waals surface area contributed by atoms with Crippen LogP contribution in [-0.4, -0.2) is 44.3 Å². The second-order valence-electron chi connectivity index (χ2n) is 10.4. The first-order valence-electron chi connectivity index (χ1n) is 14.5. The van der Waals surface area contributed by atoms with Crippen LogP contribution >= 0.6 is 39.1 Å². The number of hydrogen-bond donors (Lipinski definition) is 1. The highest BCUT2D eigenvalue weighted by Gasteiger charge is 2.35. The summed E-state index contributed by atoms with van der Waals surface area (Å²) < 4.78 is 30.0. The Balaban J connectivity index is 1.81. The molecule has 45 heavy (non-hydrogen) atoms. The molecule has 0 radical (unpaired) electrons. The van der Waals surface area contributed by atoms with Crippen LogP contribution in [0, 0.1) is 0 Å². The fourth-order valence-electron chi connectivity index (χ4n) is 4.76. The van der Waals surface area contributed by atoms with Crippen LogP contribution in [0.25, 0.3) is 0 Å².